The molecule has 0 atom stereocenters. The van der Waals surface area contributed by atoms with Crippen molar-refractivity contribution in [2.45, 2.75) is 27.7 Å². The molecule has 0 saturated carbocycles. The van der Waals surface area contributed by atoms with Crippen LogP contribution in [0.4, 0.5) is 5.82 Å². The van der Waals surface area contributed by atoms with Gasteiger partial charge < -0.3 is 14.8 Å². The average molecular weight is 274 g/mol. The van der Waals surface area contributed by atoms with Crippen molar-refractivity contribution in [2.75, 3.05) is 25.1 Å². The fraction of sp³-hybridized carbons (Fsp3) is 0.438. The predicted octanol–water partition coefficient (Wildman–Crippen LogP) is 3.77. The maximum atomic E-state index is 5.65. The Balaban J connectivity index is 2.54. The molecule has 1 heterocycles. The molecule has 0 fully saturated rings. The number of hydrogen-bond acceptors (Lipinski definition) is 4. The molecule has 0 bridgehead atoms. The number of fused-ring (bicyclic) bond motifs is 1. The van der Waals surface area contributed by atoms with Gasteiger partial charge in [-0.05, 0) is 45.4 Å². The highest BCUT2D eigenvalue weighted by molar-refractivity contribution is 5.85. The summed E-state index contributed by atoms with van der Waals surface area (Å²) in [5, 5.41) is 4.34. The summed E-state index contributed by atoms with van der Waals surface area (Å²) in [7, 11) is 0. The Morgan fingerprint density at radius 3 is 2.25 bits per heavy atom. The molecule has 0 aliphatic heterocycles. The molecular weight excluding hydrogens is 252 g/mol. The normalized spacial score (nSPS) is 10.6. The third-order valence-electron chi connectivity index (χ3n) is 3.01. The minimum atomic E-state index is 0.609. The summed E-state index contributed by atoms with van der Waals surface area (Å²) in [4.78, 5) is 4.66. The lowest BCUT2D eigenvalue weighted by molar-refractivity contribution is 0.288. The number of benzene rings is 1. The fourth-order valence-electron chi connectivity index (χ4n) is 2.17. The van der Waals surface area contributed by atoms with E-state index in [4.69, 9.17) is 9.47 Å². The van der Waals surface area contributed by atoms with Gasteiger partial charge in [0.15, 0.2) is 11.5 Å². The van der Waals surface area contributed by atoms with E-state index in [0.717, 1.165) is 40.3 Å². The third-order valence-corrected chi connectivity index (χ3v) is 3.01. The van der Waals surface area contributed by atoms with Crippen LogP contribution in [0.2, 0.25) is 0 Å². The van der Waals surface area contributed by atoms with Crippen molar-refractivity contribution in [2.24, 2.45) is 0 Å². The highest BCUT2D eigenvalue weighted by Gasteiger charge is 2.10. The number of nitrogens with zero attached hydrogens (tertiary/aromatic N) is 1. The van der Waals surface area contributed by atoms with Gasteiger partial charge >= 0.3 is 0 Å². The van der Waals surface area contributed by atoms with Gasteiger partial charge in [-0.15, -0.1) is 0 Å². The first-order valence-electron chi connectivity index (χ1n) is 7.14. The molecular formula is C16H22N2O2. The molecule has 108 valence electrons. The van der Waals surface area contributed by atoms with Crippen LogP contribution in [0.3, 0.4) is 0 Å². The van der Waals surface area contributed by atoms with Crippen LogP contribution in [0.1, 0.15) is 26.3 Å². The predicted molar refractivity (Wildman–Crippen MR) is 83.0 cm³/mol. The molecule has 0 unspecified atom stereocenters. The standard InChI is InChI=1S/C16H22N2O2/c1-5-17-16-11(4)8-12-9-14(19-6-2)15(20-7-3)10-13(12)18-16/h8-10H,5-7H2,1-4H3,(H,17,18). The van der Waals surface area contributed by atoms with Gasteiger partial charge in [-0.2, -0.15) is 0 Å². The molecule has 0 radical (unpaired) electrons. The Morgan fingerprint density at radius 2 is 1.65 bits per heavy atom. The van der Waals surface area contributed by atoms with Gasteiger partial charge in [0.1, 0.15) is 5.82 Å². The molecule has 20 heavy (non-hydrogen) atoms. The van der Waals surface area contributed by atoms with E-state index in [1.165, 1.54) is 0 Å². The first-order valence-corrected chi connectivity index (χ1v) is 7.14. The number of anilines is 1. The van der Waals surface area contributed by atoms with Gasteiger partial charge in [0, 0.05) is 18.0 Å². The van der Waals surface area contributed by atoms with Gasteiger partial charge in [-0.1, -0.05) is 0 Å². The van der Waals surface area contributed by atoms with Crippen molar-refractivity contribution in [3.05, 3.63) is 23.8 Å². The molecule has 2 aromatic rings. The second kappa shape index (κ2) is 6.46. The van der Waals surface area contributed by atoms with Crippen molar-refractivity contribution in [1.29, 1.82) is 0 Å². The number of rotatable bonds is 6. The van der Waals surface area contributed by atoms with Crippen LogP contribution in [0.25, 0.3) is 10.9 Å². The van der Waals surface area contributed by atoms with Crippen LogP contribution in [0, 0.1) is 6.92 Å². The molecule has 0 saturated heterocycles. The van der Waals surface area contributed by atoms with Crippen molar-refractivity contribution < 1.29 is 9.47 Å². The summed E-state index contributed by atoms with van der Waals surface area (Å²) in [5.74, 6) is 2.45. The molecule has 1 aromatic heterocycles. The first-order chi connectivity index (χ1) is 9.69. The molecule has 0 amide bonds. The lowest BCUT2D eigenvalue weighted by Crippen LogP contribution is -2.03. The van der Waals surface area contributed by atoms with E-state index in [0.29, 0.717) is 13.2 Å². The summed E-state index contributed by atoms with van der Waals surface area (Å²) in [5.41, 5.74) is 2.05. The van der Waals surface area contributed by atoms with E-state index in [1.54, 1.807) is 0 Å². The highest BCUT2D eigenvalue weighted by Crippen LogP contribution is 2.33. The van der Waals surface area contributed by atoms with Gasteiger partial charge in [-0.3, -0.25) is 0 Å². The Kier molecular flexibility index (Phi) is 4.66. The monoisotopic (exact) mass is 274 g/mol. The van der Waals surface area contributed by atoms with Crippen LogP contribution >= 0.6 is 0 Å². The van der Waals surface area contributed by atoms with E-state index in [-0.39, 0.29) is 0 Å². The quantitative estimate of drug-likeness (QED) is 0.870. The smallest absolute Gasteiger partial charge is 0.163 e. The van der Waals surface area contributed by atoms with E-state index in [1.807, 2.05) is 26.0 Å². The molecule has 4 nitrogen and oxygen atoms in total. The van der Waals surface area contributed by atoms with Crippen LogP contribution in [0.5, 0.6) is 11.5 Å². The van der Waals surface area contributed by atoms with Crippen LogP contribution in [0.15, 0.2) is 18.2 Å². The summed E-state index contributed by atoms with van der Waals surface area (Å²) in [6.07, 6.45) is 0. The van der Waals surface area contributed by atoms with Crippen LogP contribution in [-0.4, -0.2) is 24.7 Å². The van der Waals surface area contributed by atoms with Crippen molar-refractivity contribution in [3.8, 4) is 11.5 Å². The second-order valence-corrected chi connectivity index (χ2v) is 4.54. The number of hydrogen-bond donors (Lipinski definition) is 1. The van der Waals surface area contributed by atoms with Gasteiger partial charge in [-0.25, -0.2) is 4.98 Å². The number of aryl methyl sites for hydroxylation is 1. The maximum absolute atomic E-state index is 5.65. The Morgan fingerprint density at radius 1 is 1.00 bits per heavy atom. The van der Waals surface area contributed by atoms with Crippen molar-refractivity contribution in [3.63, 3.8) is 0 Å². The van der Waals surface area contributed by atoms with Gasteiger partial charge in [0.2, 0.25) is 0 Å². The Bertz CT molecular complexity index is 597. The third kappa shape index (κ3) is 2.95. The average Bonchev–Trinajstić information content (AvgIpc) is 2.42. The number of nitrogens with one attached hydrogen (secondary N) is 1. The zero-order valence-electron chi connectivity index (χ0n) is 12.6. The topological polar surface area (TPSA) is 43.4 Å². The lowest BCUT2D eigenvalue weighted by atomic mass is 10.1. The molecule has 0 aliphatic rings. The van der Waals surface area contributed by atoms with E-state index < -0.39 is 0 Å². The molecule has 1 aromatic carbocycles. The summed E-state index contributed by atoms with van der Waals surface area (Å²) in [6, 6.07) is 6.07. The largest absolute Gasteiger partial charge is 0.490 e. The molecule has 4 heteroatoms. The molecule has 0 aliphatic carbocycles. The molecule has 2 rings (SSSR count). The highest BCUT2D eigenvalue weighted by atomic mass is 16.5. The number of ether oxygens (including phenoxy) is 2. The SMILES string of the molecule is CCNc1nc2cc(OCC)c(OCC)cc2cc1C. The van der Waals surface area contributed by atoms with Crippen molar-refractivity contribution in [1.82, 2.24) is 4.98 Å². The Hall–Kier alpha value is -1.97. The van der Waals surface area contributed by atoms with E-state index in [2.05, 4.69) is 30.2 Å². The minimum absolute atomic E-state index is 0.609. The second-order valence-electron chi connectivity index (χ2n) is 4.54. The van der Waals surface area contributed by atoms with E-state index >= 15 is 0 Å². The van der Waals surface area contributed by atoms with Crippen molar-refractivity contribution >= 4 is 16.7 Å². The minimum Gasteiger partial charge on any atom is -0.490 e. The summed E-state index contributed by atoms with van der Waals surface area (Å²) < 4.78 is 11.3. The molecule has 1 N–H and O–H groups in total. The first kappa shape index (κ1) is 14.4. The zero-order chi connectivity index (χ0) is 14.5. The molecule has 0 spiro atoms. The number of aromatic nitrogens is 1. The lowest BCUT2D eigenvalue weighted by Gasteiger charge is -2.13. The zero-order valence-corrected chi connectivity index (χ0v) is 12.6. The van der Waals surface area contributed by atoms with E-state index in [9.17, 15) is 0 Å². The summed E-state index contributed by atoms with van der Waals surface area (Å²) in [6.45, 7) is 10.1. The van der Waals surface area contributed by atoms with Gasteiger partial charge in [0.05, 0.1) is 18.7 Å². The Labute approximate surface area is 120 Å². The summed E-state index contributed by atoms with van der Waals surface area (Å²) >= 11 is 0. The van der Waals surface area contributed by atoms with Crippen LogP contribution in [-0.2, 0) is 0 Å². The number of pyridine rings is 1. The van der Waals surface area contributed by atoms with Crippen LogP contribution < -0.4 is 14.8 Å². The maximum Gasteiger partial charge on any atom is 0.163 e. The van der Waals surface area contributed by atoms with Gasteiger partial charge in [0.25, 0.3) is 0 Å². The fourth-order valence-corrected chi connectivity index (χ4v) is 2.17.